The SMILES string of the molecule is CC(C)N[C@H](C=O)Cc1ccncc1. The zero-order valence-electron chi connectivity index (χ0n) is 8.60. The summed E-state index contributed by atoms with van der Waals surface area (Å²) in [4.78, 5) is 14.7. The first-order valence-electron chi connectivity index (χ1n) is 4.82. The minimum absolute atomic E-state index is 0.0996. The molecule has 1 rings (SSSR count). The van der Waals surface area contributed by atoms with Crippen LogP contribution in [-0.2, 0) is 11.2 Å². The van der Waals surface area contributed by atoms with Crippen LogP contribution in [0.3, 0.4) is 0 Å². The van der Waals surface area contributed by atoms with Crippen molar-refractivity contribution < 1.29 is 4.79 Å². The van der Waals surface area contributed by atoms with Crippen LogP contribution < -0.4 is 5.32 Å². The standard InChI is InChI=1S/C11H16N2O/c1-9(2)13-11(8-14)7-10-3-5-12-6-4-10/h3-6,8-9,11,13H,7H2,1-2H3/t11-/m0/s1. The quantitative estimate of drug-likeness (QED) is 0.712. The normalized spacial score (nSPS) is 12.8. The maximum atomic E-state index is 10.8. The number of hydrogen-bond acceptors (Lipinski definition) is 3. The Morgan fingerprint density at radius 2 is 2.07 bits per heavy atom. The summed E-state index contributed by atoms with van der Waals surface area (Å²) in [5, 5.41) is 3.19. The highest BCUT2D eigenvalue weighted by molar-refractivity contribution is 5.58. The van der Waals surface area contributed by atoms with Gasteiger partial charge in [0.2, 0.25) is 0 Å². The Bertz CT molecular complexity index is 272. The zero-order valence-corrected chi connectivity index (χ0v) is 8.60. The molecule has 0 unspecified atom stereocenters. The number of nitrogens with zero attached hydrogens (tertiary/aromatic N) is 1. The lowest BCUT2D eigenvalue weighted by molar-refractivity contribution is -0.109. The number of aldehydes is 1. The zero-order chi connectivity index (χ0) is 10.4. The van der Waals surface area contributed by atoms with Crippen LogP contribution >= 0.6 is 0 Å². The summed E-state index contributed by atoms with van der Waals surface area (Å²) in [5.74, 6) is 0. The van der Waals surface area contributed by atoms with E-state index in [4.69, 9.17) is 0 Å². The number of rotatable bonds is 5. The van der Waals surface area contributed by atoms with E-state index in [1.54, 1.807) is 12.4 Å². The van der Waals surface area contributed by atoms with Crippen molar-refractivity contribution in [2.24, 2.45) is 0 Å². The Labute approximate surface area is 84.6 Å². The van der Waals surface area contributed by atoms with E-state index in [2.05, 4.69) is 10.3 Å². The molecule has 1 N–H and O–H groups in total. The fraction of sp³-hybridized carbons (Fsp3) is 0.455. The van der Waals surface area contributed by atoms with Crippen LogP contribution in [0.5, 0.6) is 0 Å². The van der Waals surface area contributed by atoms with Crippen LogP contribution in [0.25, 0.3) is 0 Å². The van der Waals surface area contributed by atoms with Gasteiger partial charge in [0.15, 0.2) is 0 Å². The average Bonchev–Trinajstić information content (AvgIpc) is 2.17. The Morgan fingerprint density at radius 1 is 1.43 bits per heavy atom. The molecule has 0 fully saturated rings. The van der Waals surface area contributed by atoms with Crippen LogP contribution in [0.15, 0.2) is 24.5 Å². The highest BCUT2D eigenvalue weighted by Crippen LogP contribution is 2.00. The summed E-state index contributed by atoms with van der Waals surface area (Å²) < 4.78 is 0. The number of carbonyl (C=O) groups is 1. The first kappa shape index (κ1) is 10.9. The van der Waals surface area contributed by atoms with Crippen molar-refractivity contribution in [3.63, 3.8) is 0 Å². The molecule has 0 saturated carbocycles. The molecule has 14 heavy (non-hydrogen) atoms. The van der Waals surface area contributed by atoms with Gasteiger partial charge < -0.3 is 10.1 Å². The number of pyridine rings is 1. The highest BCUT2D eigenvalue weighted by Gasteiger charge is 2.08. The van der Waals surface area contributed by atoms with E-state index in [-0.39, 0.29) is 6.04 Å². The van der Waals surface area contributed by atoms with E-state index >= 15 is 0 Å². The number of carbonyl (C=O) groups excluding carboxylic acids is 1. The van der Waals surface area contributed by atoms with E-state index < -0.39 is 0 Å². The predicted molar refractivity (Wildman–Crippen MR) is 56.1 cm³/mol. The van der Waals surface area contributed by atoms with Crippen LogP contribution in [-0.4, -0.2) is 23.4 Å². The fourth-order valence-corrected chi connectivity index (χ4v) is 1.35. The van der Waals surface area contributed by atoms with Gasteiger partial charge in [0, 0.05) is 18.4 Å². The Hall–Kier alpha value is -1.22. The van der Waals surface area contributed by atoms with E-state index in [9.17, 15) is 4.79 Å². The first-order chi connectivity index (χ1) is 6.72. The summed E-state index contributed by atoms with van der Waals surface area (Å²) in [7, 11) is 0. The molecule has 0 aliphatic carbocycles. The monoisotopic (exact) mass is 192 g/mol. The lowest BCUT2D eigenvalue weighted by Gasteiger charge is -2.15. The Morgan fingerprint density at radius 3 is 2.57 bits per heavy atom. The third kappa shape index (κ3) is 3.66. The summed E-state index contributed by atoms with van der Waals surface area (Å²) in [6.07, 6.45) is 5.17. The number of hydrogen-bond donors (Lipinski definition) is 1. The van der Waals surface area contributed by atoms with Gasteiger partial charge in [-0.05, 0) is 24.1 Å². The summed E-state index contributed by atoms with van der Waals surface area (Å²) in [5.41, 5.74) is 1.13. The number of nitrogens with one attached hydrogen (secondary N) is 1. The van der Waals surface area contributed by atoms with E-state index in [0.29, 0.717) is 6.04 Å². The van der Waals surface area contributed by atoms with Gasteiger partial charge in [-0.3, -0.25) is 4.98 Å². The molecule has 0 aliphatic rings. The third-order valence-electron chi connectivity index (χ3n) is 1.92. The van der Waals surface area contributed by atoms with Gasteiger partial charge in [-0.2, -0.15) is 0 Å². The molecule has 1 aromatic heterocycles. The predicted octanol–water partition coefficient (Wildman–Crippen LogP) is 1.19. The molecule has 1 atom stereocenters. The molecule has 0 amide bonds. The molecule has 0 spiro atoms. The molecule has 0 bridgehead atoms. The van der Waals surface area contributed by atoms with Crippen LogP contribution in [0.1, 0.15) is 19.4 Å². The molecule has 3 nitrogen and oxygen atoms in total. The third-order valence-corrected chi connectivity index (χ3v) is 1.92. The first-order valence-corrected chi connectivity index (χ1v) is 4.82. The average molecular weight is 192 g/mol. The van der Waals surface area contributed by atoms with Gasteiger partial charge in [0.25, 0.3) is 0 Å². The molecule has 0 radical (unpaired) electrons. The van der Waals surface area contributed by atoms with Gasteiger partial charge in [0.05, 0.1) is 6.04 Å². The van der Waals surface area contributed by atoms with Gasteiger partial charge in [0.1, 0.15) is 6.29 Å². The fourth-order valence-electron chi connectivity index (χ4n) is 1.35. The molecule has 1 aromatic rings. The molecule has 0 saturated heterocycles. The largest absolute Gasteiger partial charge is 0.305 e. The molecule has 3 heteroatoms. The molecule has 1 heterocycles. The van der Waals surface area contributed by atoms with Crippen molar-refractivity contribution in [1.29, 1.82) is 0 Å². The maximum Gasteiger partial charge on any atom is 0.137 e. The topological polar surface area (TPSA) is 42.0 Å². The second-order valence-electron chi connectivity index (χ2n) is 3.62. The van der Waals surface area contributed by atoms with Crippen molar-refractivity contribution in [2.75, 3.05) is 0 Å². The van der Waals surface area contributed by atoms with Crippen molar-refractivity contribution >= 4 is 6.29 Å². The van der Waals surface area contributed by atoms with Crippen molar-refractivity contribution in [2.45, 2.75) is 32.4 Å². The van der Waals surface area contributed by atoms with Crippen molar-refractivity contribution in [3.8, 4) is 0 Å². The number of aromatic nitrogens is 1. The van der Waals surface area contributed by atoms with E-state index in [1.807, 2.05) is 26.0 Å². The smallest absolute Gasteiger partial charge is 0.137 e. The van der Waals surface area contributed by atoms with Crippen LogP contribution in [0.4, 0.5) is 0 Å². The highest BCUT2D eigenvalue weighted by atomic mass is 16.1. The Kier molecular flexibility index (Phi) is 4.26. The molecule has 0 aliphatic heterocycles. The minimum Gasteiger partial charge on any atom is -0.305 e. The second kappa shape index (κ2) is 5.50. The van der Waals surface area contributed by atoms with Gasteiger partial charge >= 0.3 is 0 Å². The molecular formula is C11H16N2O. The van der Waals surface area contributed by atoms with Gasteiger partial charge in [-0.25, -0.2) is 0 Å². The minimum atomic E-state index is -0.0996. The van der Waals surface area contributed by atoms with Crippen molar-refractivity contribution in [1.82, 2.24) is 10.3 Å². The molecule has 0 aromatic carbocycles. The molecule has 76 valence electrons. The van der Waals surface area contributed by atoms with E-state index in [0.717, 1.165) is 18.3 Å². The van der Waals surface area contributed by atoms with Crippen molar-refractivity contribution in [3.05, 3.63) is 30.1 Å². The van der Waals surface area contributed by atoms with Crippen LogP contribution in [0.2, 0.25) is 0 Å². The lowest BCUT2D eigenvalue weighted by Crippen LogP contribution is -2.37. The maximum absolute atomic E-state index is 10.8. The summed E-state index contributed by atoms with van der Waals surface area (Å²) in [6, 6.07) is 4.08. The summed E-state index contributed by atoms with van der Waals surface area (Å²) >= 11 is 0. The summed E-state index contributed by atoms with van der Waals surface area (Å²) in [6.45, 7) is 4.06. The van der Waals surface area contributed by atoms with E-state index in [1.165, 1.54) is 0 Å². The Balaban J connectivity index is 2.53. The molecular weight excluding hydrogens is 176 g/mol. The van der Waals surface area contributed by atoms with Crippen LogP contribution in [0, 0.1) is 0 Å². The van der Waals surface area contributed by atoms with Gasteiger partial charge in [-0.15, -0.1) is 0 Å². The lowest BCUT2D eigenvalue weighted by atomic mass is 10.1. The van der Waals surface area contributed by atoms with Gasteiger partial charge in [-0.1, -0.05) is 13.8 Å². The second-order valence-corrected chi connectivity index (χ2v) is 3.62.